The maximum atomic E-state index is 9.03. The van der Waals surface area contributed by atoms with Gasteiger partial charge in [0.05, 0.1) is 18.3 Å². The van der Waals surface area contributed by atoms with Crippen LogP contribution in [0.25, 0.3) is 0 Å². The summed E-state index contributed by atoms with van der Waals surface area (Å²) in [5, 5.41) is 12.4. The third kappa shape index (κ3) is 2.36. The van der Waals surface area contributed by atoms with E-state index in [4.69, 9.17) is 5.11 Å². The molecule has 1 unspecified atom stereocenters. The first-order valence-electron chi connectivity index (χ1n) is 5.62. The van der Waals surface area contributed by atoms with E-state index in [1.54, 1.807) is 0 Å². The second-order valence-electron chi connectivity index (χ2n) is 4.24. The minimum atomic E-state index is 0.142. The fourth-order valence-corrected chi connectivity index (χ4v) is 2.17. The summed E-state index contributed by atoms with van der Waals surface area (Å²) in [5.74, 6) is 0. The Balaban J connectivity index is 2.15. The van der Waals surface area contributed by atoms with Crippen molar-refractivity contribution in [1.29, 1.82) is 0 Å². The van der Waals surface area contributed by atoms with E-state index >= 15 is 0 Å². The van der Waals surface area contributed by atoms with Crippen LogP contribution in [0.5, 0.6) is 0 Å². The van der Waals surface area contributed by atoms with Crippen molar-refractivity contribution < 1.29 is 5.11 Å². The summed E-state index contributed by atoms with van der Waals surface area (Å²) in [6, 6.07) is 4.61. The van der Waals surface area contributed by atoms with Gasteiger partial charge in [0.1, 0.15) is 0 Å². The van der Waals surface area contributed by atoms with Gasteiger partial charge in [0, 0.05) is 12.2 Å². The van der Waals surface area contributed by atoms with Gasteiger partial charge in [-0.25, -0.2) is 0 Å². The van der Waals surface area contributed by atoms with Crippen LogP contribution in [-0.2, 0) is 6.42 Å². The van der Waals surface area contributed by atoms with E-state index in [0.29, 0.717) is 6.04 Å². The Morgan fingerprint density at radius 3 is 3.33 bits per heavy atom. The highest BCUT2D eigenvalue weighted by Crippen LogP contribution is 2.27. The summed E-state index contributed by atoms with van der Waals surface area (Å²) in [7, 11) is 0. The molecule has 1 aliphatic carbocycles. The Kier molecular flexibility index (Phi) is 3.34. The highest BCUT2D eigenvalue weighted by molar-refractivity contribution is 5.25. The predicted molar refractivity (Wildman–Crippen MR) is 59.6 cm³/mol. The second kappa shape index (κ2) is 4.73. The average Bonchev–Trinajstić information content (AvgIpc) is 2.29. The van der Waals surface area contributed by atoms with E-state index in [9.17, 15) is 0 Å². The minimum Gasteiger partial charge on any atom is -0.395 e. The second-order valence-corrected chi connectivity index (χ2v) is 4.24. The molecule has 1 aromatic rings. The molecule has 2 rings (SSSR count). The van der Waals surface area contributed by atoms with Crippen LogP contribution in [0, 0.1) is 0 Å². The molecule has 0 aliphatic heterocycles. The van der Waals surface area contributed by atoms with Gasteiger partial charge in [-0.3, -0.25) is 4.98 Å². The number of hydrogen-bond acceptors (Lipinski definition) is 3. The molecule has 0 amide bonds. The molecule has 82 valence electrons. The van der Waals surface area contributed by atoms with Crippen LogP contribution in [0.4, 0.5) is 0 Å². The Labute approximate surface area is 90.5 Å². The monoisotopic (exact) mass is 206 g/mol. The molecular formula is C12H18N2O. The molecule has 3 nitrogen and oxygen atoms in total. The number of rotatable bonds is 3. The van der Waals surface area contributed by atoms with Crippen molar-refractivity contribution in [2.75, 3.05) is 6.61 Å². The lowest BCUT2D eigenvalue weighted by molar-refractivity contribution is 0.235. The van der Waals surface area contributed by atoms with Gasteiger partial charge in [0.2, 0.25) is 0 Å². The lowest BCUT2D eigenvalue weighted by atomic mass is 9.91. The molecule has 1 aliphatic rings. The molecule has 0 bridgehead atoms. The molecule has 0 saturated heterocycles. The topological polar surface area (TPSA) is 45.1 Å². The van der Waals surface area contributed by atoms with E-state index in [0.717, 1.165) is 12.8 Å². The van der Waals surface area contributed by atoms with Crippen LogP contribution in [0.2, 0.25) is 0 Å². The van der Waals surface area contributed by atoms with Crippen LogP contribution in [0.3, 0.4) is 0 Å². The number of hydrogen-bond donors (Lipinski definition) is 2. The van der Waals surface area contributed by atoms with Crippen molar-refractivity contribution in [1.82, 2.24) is 10.3 Å². The van der Waals surface area contributed by atoms with Crippen molar-refractivity contribution in [3.05, 3.63) is 29.6 Å². The molecule has 15 heavy (non-hydrogen) atoms. The summed E-state index contributed by atoms with van der Waals surface area (Å²) >= 11 is 0. The third-order valence-corrected chi connectivity index (χ3v) is 2.95. The zero-order valence-corrected chi connectivity index (χ0v) is 9.11. The fourth-order valence-electron chi connectivity index (χ4n) is 2.17. The maximum absolute atomic E-state index is 9.03. The average molecular weight is 206 g/mol. The van der Waals surface area contributed by atoms with Crippen LogP contribution in [0.1, 0.15) is 37.1 Å². The molecule has 0 saturated carbocycles. The molecule has 2 atom stereocenters. The lowest BCUT2D eigenvalue weighted by Crippen LogP contribution is -2.35. The number of pyridine rings is 1. The Morgan fingerprint density at radius 2 is 2.53 bits per heavy atom. The van der Waals surface area contributed by atoms with Crippen LogP contribution in [-0.4, -0.2) is 22.7 Å². The molecule has 1 aromatic heterocycles. The first-order chi connectivity index (χ1) is 7.31. The highest BCUT2D eigenvalue weighted by Gasteiger charge is 2.21. The van der Waals surface area contributed by atoms with E-state index in [1.165, 1.54) is 17.7 Å². The Morgan fingerprint density at radius 1 is 1.67 bits per heavy atom. The summed E-state index contributed by atoms with van der Waals surface area (Å²) in [6.07, 6.45) is 5.31. The zero-order valence-electron chi connectivity index (χ0n) is 9.11. The molecule has 1 heterocycles. The van der Waals surface area contributed by atoms with Crippen molar-refractivity contribution in [2.45, 2.75) is 38.3 Å². The van der Waals surface area contributed by atoms with Crippen molar-refractivity contribution in [2.24, 2.45) is 0 Å². The van der Waals surface area contributed by atoms with Gasteiger partial charge in [0.15, 0.2) is 0 Å². The van der Waals surface area contributed by atoms with Crippen molar-refractivity contribution >= 4 is 0 Å². The van der Waals surface area contributed by atoms with Gasteiger partial charge in [-0.15, -0.1) is 0 Å². The molecule has 0 fully saturated rings. The van der Waals surface area contributed by atoms with Crippen LogP contribution >= 0.6 is 0 Å². The number of aliphatic hydroxyl groups is 1. The summed E-state index contributed by atoms with van der Waals surface area (Å²) in [4.78, 5) is 4.44. The summed E-state index contributed by atoms with van der Waals surface area (Å²) in [6.45, 7) is 2.18. The molecule has 0 aromatic carbocycles. The van der Waals surface area contributed by atoms with Crippen molar-refractivity contribution in [3.63, 3.8) is 0 Å². The van der Waals surface area contributed by atoms with Gasteiger partial charge in [-0.05, 0) is 37.8 Å². The van der Waals surface area contributed by atoms with Gasteiger partial charge < -0.3 is 10.4 Å². The zero-order chi connectivity index (χ0) is 10.7. The SMILES string of the molecule is C[C@H](CO)NC1CCCc2cccnc21. The molecule has 0 spiro atoms. The standard InChI is InChI=1S/C12H18N2O/c1-9(8-15)14-11-6-2-4-10-5-3-7-13-12(10)11/h3,5,7,9,11,14-15H,2,4,6,8H2,1H3/t9-,11?/m1/s1. The summed E-state index contributed by atoms with van der Waals surface area (Å²) < 4.78 is 0. The number of aromatic nitrogens is 1. The third-order valence-electron chi connectivity index (χ3n) is 2.95. The number of fused-ring (bicyclic) bond motifs is 1. The van der Waals surface area contributed by atoms with Crippen LogP contribution in [0.15, 0.2) is 18.3 Å². The van der Waals surface area contributed by atoms with E-state index in [-0.39, 0.29) is 12.6 Å². The molecular weight excluding hydrogens is 188 g/mol. The largest absolute Gasteiger partial charge is 0.395 e. The van der Waals surface area contributed by atoms with Crippen LogP contribution < -0.4 is 5.32 Å². The lowest BCUT2D eigenvalue weighted by Gasteiger charge is -2.27. The Hall–Kier alpha value is -0.930. The molecule has 3 heteroatoms. The maximum Gasteiger partial charge on any atom is 0.0605 e. The first-order valence-corrected chi connectivity index (χ1v) is 5.62. The van der Waals surface area contributed by atoms with Gasteiger partial charge in [-0.1, -0.05) is 6.07 Å². The number of nitrogens with one attached hydrogen (secondary N) is 1. The van der Waals surface area contributed by atoms with Gasteiger partial charge >= 0.3 is 0 Å². The number of nitrogens with zero attached hydrogens (tertiary/aromatic N) is 1. The highest BCUT2D eigenvalue weighted by atomic mass is 16.3. The minimum absolute atomic E-state index is 0.142. The molecule has 0 radical (unpaired) electrons. The smallest absolute Gasteiger partial charge is 0.0605 e. The normalized spacial score (nSPS) is 22.1. The van der Waals surface area contributed by atoms with Crippen molar-refractivity contribution in [3.8, 4) is 0 Å². The van der Waals surface area contributed by atoms with E-state index < -0.39 is 0 Å². The van der Waals surface area contributed by atoms with Gasteiger partial charge in [0.25, 0.3) is 0 Å². The van der Waals surface area contributed by atoms with E-state index in [1.807, 2.05) is 19.2 Å². The predicted octanol–water partition coefficient (Wildman–Crippen LogP) is 1.43. The number of aryl methyl sites for hydroxylation is 1. The number of aliphatic hydroxyl groups excluding tert-OH is 1. The Bertz CT molecular complexity index is 327. The van der Waals surface area contributed by atoms with E-state index in [2.05, 4.69) is 16.4 Å². The molecule has 2 N–H and O–H groups in total. The summed E-state index contributed by atoms with van der Waals surface area (Å²) in [5.41, 5.74) is 2.52. The first kappa shape index (κ1) is 10.6. The fraction of sp³-hybridized carbons (Fsp3) is 0.583. The quantitative estimate of drug-likeness (QED) is 0.786. The van der Waals surface area contributed by atoms with Gasteiger partial charge in [-0.2, -0.15) is 0 Å².